The third-order valence-electron chi connectivity index (χ3n) is 4.16. The average Bonchev–Trinajstić information content (AvgIpc) is 2.43. The Bertz CT molecular complexity index is 524. The Kier molecular flexibility index (Phi) is 3.84. The summed E-state index contributed by atoms with van der Waals surface area (Å²) < 4.78 is 0. The Hall–Kier alpha value is -1.84. The van der Waals surface area contributed by atoms with Crippen LogP contribution in [0.25, 0.3) is 0 Å². The van der Waals surface area contributed by atoms with Crippen molar-refractivity contribution in [3.63, 3.8) is 0 Å². The van der Waals surface area contributed by atoms with Crippen molar-refractivity contribution in [3.05, 3.63) is 35.4 Å². The van der Waals surface area contributed by atoms with Gasteiger partial charge in [0, 0.05) is 6.54 Å². The smallest absolute Gasteiger partial charge is 0.248 e. The molecule has 1 saturated heterocycles. The van der Waals surface area contributed by atoms with E-state index in [0.29, 0.717) is 13.0 Å². The summed E-state index contributed by atoms with van der Waals surface area (Å²) in [6, 6.07) is 7.63. The zero-order valence-corrected chi connectivity index (χ0v) is 12.6. The Morgan fingerprint density at radius 2 is 1.85 bits per heavy atom. The SMILES string of the molecule is CCC1(C)NC(=O)C(C)N(Cc2ccc(C)cc2)C1=O. The van der Waals surface area contributed by atoms with Crippen molar-refractivity contribution in [2.45, 2.75) is 52.2 Å². The summed E-state index contributed by atoms with van der Waals surface area (Å²) in [6.45, 7) is 7.99. The Morgan fingerprint density at radius 3 is 2.40 bits per heavy atom. The number of nitrogens with one attached hydrogen (secondary N) is 1. The van der Waals surface area contributed by atoms with Gasteiger partial charge in [-0.1, -0.05) is 36.8 Å². The first-order valence-electron chi connectivity index (χ1n) is 7.06. The number of hydrogen-bond donors (Lipinski definition) is 1. The van der Waals surface area contributed by atoms with Gasteiger partial charge >= 0.3 is 0 Å². The number of hydrogen-bond acceptors (Lipinski definition) is 2. The summed E-state index contributed by atoms with van der Waals surface area (Å²) >= 11 is 0. The number of piperazine rings is 1. The third-order valence-corrected chi connectivity index (χ3v) is 4.16. The molecule has 0 saturated carbocycles. The van der Waals surface area contributed by atoms with E-state index in [-0.39, 0.29) is 11.8 Å². The van der Waals surface area contributed by atoms with Crippen LogP contribution in [0.1, 0.15) is 38.3 Å². The van der Waals surface area contributed by atoms with E-state index in [4.69, 9.17) is 0 Å². The Balaban J connectivity index is 2.25. The summed E-state index contributed by atoms with van der Waals surface area (Å²) in [5.41, 5.74) is 1.45. The second kappa shape index (κ2) is 5.27. The summed E-state index contributed by atoms with van der Waals surface area (Å²) in [6.07, 6.45) is 0.592. The van der Waals surface area contributed by atoms with Crippen molar-refractivity contribution in [1.29, 1.82) is 0 Å². The molecule has 0 spiro atoms. The molecule has 2 unspecified atom stereocenters. The minimum absolute atomic E-state index is 0.00678. The van der Waals surface area contributed by atoms with Crippen molar-refractivity contribution in [2.24, 2.45) is 0 Å². The quantitative estimate of drug-likeness (QED) is 0.916. The second-order valence-corrected chi connectivity index (χ2v) is 5.77. The number of carbonyl (C=O) groups is 2. The standard InChI is InChI=1S/C16H22N2O2/c1-5-16(4)15(20)18(12(3)14(19)17-16)10-13-8-6-11(2)7-9-13/h6-9,12H,5,10H2,1-4H3,(H,17,19). The predicted molar refractivity (Wildman–Crippen MR) is 78.0 cm³/mol. The number of aryl methyl sites for hydroxylation is 1. The molecule has 4 nitrogen and oxygen atoms in total. The molecule has 1 aromatic carbocycles. The fraction of sp³-hybridized carbons (Fsp3) is 0.500. The maximum absolute atomic E-state index is 12.6. The minimum atomic E-state index is -0.783. The Labute approximate surface area is 120 Å². The van der Waals surface area contributed by atoms with Gasteiger partial charge in [0.2, 0.25) is 11.8 Å². The van der Waals surface area contributed by atoms with E-state index in [1.807, 2.05) is 38.1 Å². The number of carbonyl (C=O) groups excluding carboxylic acids is 2. The zero-order chi connectivity index (χ0) is 14.9. The van der Waals surface area contributed by atoms with Gasteiger partial charge in [-0.05, 0) is 32.8 Å². The molecule has 1 aromatic rings. The highest BCUT2D eigenvalue weighted by Crippen LogP contribution is 2.23. The lowest BCUT2D eigenvalue weighted by Crippen LogP contribution is -2.68. The second-order valence-electron chi connectivity index (χ2n) is 5.77. The average molecular weight is 274 g/mol. The molecule has 1 N–H and O–H groups in total. The van der Waals surface area contributed by atoms with Crippen molar-refractivity contribution in [2.75, 3.05) is 0 Å². The molecule has 108 valence electrons. The lowest BCUT2D eigenvalue weighted by molar-refractivity contribution is -0.154. The van der Waals surface area contributed by atoms with Gasteiger partial charge in [0.25, 0.3) is 0 Å². The van der Waals surface area contributed by atoms with Crippen LogP contribution >= 0.6 is 0 Å². The van der Waals surface area contributed by atoms with Crippen LogP contribution in [0, 0.1) is 6.92 Å². The van der Waals surface area contributed by atoms with E-state index < -0.39 is 11.6 Å². The van der Waals surface area contributed by atoms with E-state index in [2.05, 4.69) is 5.32 Å². The van der Waals surface area contributed by atoms with Crippen LogP contribution in [0.2, 0.25) is 0 Å². The zero-order valence-electron chi connectivity index (χ0n) is 12.6. The van der Waals surface area contributed by atoms with E-state index in [1.165, 1.54) is 5.56 Å². The van der Waals surface area contributed by atoms with Gasteiger partial charge in [-0.3, -0.25) is 9.59 Å². The van der Waals surface area contributed by atoms with Gasteiger partial charge in [0.15, 0.2) is 0 Å². The monoisotopic (exact) mass is 274 g/mol. The lowest BCUT2D eigenvalue weighted by atomic mass is 9.92. The third kappa shape index (κ3) is 2.55. The molecule has 1 heterocycles. The molecule has 0 aliphatic carbocycles. The molecule has 1 aliphatic rings. The van der Waals surface area contributed by atoms with E-state index in [9.17, 15) is 9.59 Å². The van der Waals surface area contributed by atoms with Crippen LogP contribution in [0.3, 0.4) is 0 Å². The van der Waals surface area contributed by atoms with Crippen molar-refractivity contribution in [3.8, 4) is 0 Å². The first-order valence-corrected chi connectivity index (χ1v) is 7.06. The van der Waals surface area contributed by atoms with Gasteiger partial charge < -0.3 is 10.2 Å². The fourth-order valence-corrected chi connectivity index (χ4v) is 2.40. The molecule has 2 amide bonds. The van der Waals surface area contributed by atoms with Gasteiger partial charge in [-0.25, -0.2) is 0 Å². The predicted octanol–water partition coefficient (Wildman–Crippen LogP) is 2.01. The number of nitrogens with zero attached hydrogens (tertiary/aromatic N) is 1. The van der Waals surface area contributed by atoms with Crippen molar-refractivity contribution >= 4 is 11.8 Å². The molecule has 2 atom stereocenters. The van der Waals surface area contributed by atoms with Crippen LogP contribution in [-0.4, -0.2) is 28.3 Å². The van der Waals surface area contributed by atoms with Crippen LogP contribution in [0.15, 0.2) is 24.3 Å². The van der Waals surface area contributed by atoms with Crippen LogP contribution in [0.4, 0.5) is 0 Å². The van der Waals surface area contributed by atoms with Crippen LogP contribution < -0.4 is 5.32 Å². The largest absolute Gasteiger partial charge is 0.340 e. The van der Waals surface area contributed by atoms with E-state index >= 15 is 0 Å². The lowest BCUT2D eigenvalue weighted by Gasteiger charge is -2.43. The Morgan fingerprint density at radius 1 is 1.25 bits per heavy atom. The maximum Gasteiger partial charge on any atom is 0.248 e. The summed E-state index contributed by atoms with van der Waals surface area (Å²) in [7, 11) is 0. The maximum atomic E-state index is 12.6. The number of amides is 2. The van der Waals surface area contributed by atoms with Gasteiger partial charge in [-0.15, -0.1) is 0 Å². The topological polar surface area (TPSA) is 49.4 Å². The van der Waals surface area contributed by atoms with E-state index in [0.717, 1.165) is 5.56 Å². The summed E-state index contributed by atoms with van der Waals surface area (Å²) in [5.74, 6) is -0.0891. The molecule has 0 aromatic heterocycles. The molecule has 1 aliphatic heterocycles. The molecular weight excluding hydrogens is 252 g/mol. The van der Waals surface area contributed by atoms with Gasteiger partial charge in [-0.2, -0.15) is 0 Å². The fourth-order valence-electron chi connectivity index (χ4n) is 2.40. The molecular formula is C16H22N2O2. The molecule has 1 fully saturated rings. The number of benzene rings is 1. The van der Waals surface area contributed by atoms with Crippen molar-refractivity contribution in [1.82, 2.24) is 10.2 Å². The van der Waals surface area contributed by atoms with Gasteiger partial charge in [0.05, 0.1) is 0 Å². The highest BCUT2D eigenvalue weighted by atomic mass is 16.2. The normalized spacial score (nSPS) is 26.6. The molecule has 0 radical (unpaired) electrons. The van der Waals surface area contributed by atoms with E-state index in [1.54, 1.807) is 18.7 Å². The summed E-state index contributed by atoms with van der Waals surface area (Å²) in [4.78, 5) is 26.4. The molecule has 4 heteroatoms. The minimum Gasteiger partial charge on any atom is -0.340 e. The summed E-state index contributed by atoms with van der Waals surface area (Å²) in [5, 5.41) is 2.84. The molecule has 20 heavy (non-hydrogen) atoms. The van der Waals surface area contributed by atoms with Crippen LogP contribution in [0.5, 0.6) is 0 Å². The molecule has 0 bridgehead atoms. The van der Waals surface area contributed by atoms with Gasteiger partial charge in [0.1, 0.15) is 11.6 Å². The first-order chi connectivity index (χ1) is 9.37. The van der Waals surface area contributed by atoms with Crippen LogP contribution in [-0.2, 0) is 16.1 Å². The first kappa shape index (κ1) is 14.6. The number of rotatable bonds is 3. The molecule has 2 rings (SSSR count). The highest BCUT2D eigenvalue weighted by Gasteiger charge is 2.45. The highest BCUT2D eigenvalue weighted by molar-refractivity contribution is 5.99. The van der Waals surface area contributed by atoms with Crippen molar-refractivity contribution < 1.29 is 9.59 Å².